The number of rotatable bonds is 6. The number of methoxy groups -OCH3 is 1. The van der Waals surface area contributed by atoms with Gasteiger partial charge in [0.1, 0.15) is 5.82 Å². The largest absolute Gasteiger partial charge is 0.494 e. The van der Waals surface area contributed by atoms with Gasteiger partial charge in [0.2, 0.25) is 5.82 Å². The Balaban J connectivity index is 1.79. The summed E-state index contributed by atoms with van der Waals surface area (Å²) in [5.41, 5.74) is 2.85. The minimum Gasteiger partial charge on any atom is -0.494 e. The van der Waals surface area contributed by atoms with Crippen LogP contribution in [0, 0.1) is 11.6 Å². The monoisotopic (exact) mass is 456 g/mol. The fourth-order valence-corrected chi connectivity index (χ4v) is 4.06. The van der Waals surface area contributed by atoms with Crippen molar-refractivity contribution in [3.05, 3.63) is 71.3 Å². The predicted octanol–water partition coefficient (Wildman–Crippen LogP) is 5.10. The fraction of sp³-hybridized carbons (Fsp3) is 0.261. The Morgan fingerprint density at radius 1 is 1.19 bits per heavy atom. The van der Waals surface area contributed by atoms with Crippen molar-refractivity contribution in [3.8, 4) is 17.1 Å². The van der Waals surface area contributed by atoms with Crippen LogP contribution in [0.1, 0.15) is 37.8 Å². The number of ether oxygens (including phenoxy) is 1. The van der Waals surface area contributed by atoms with E-state index in [2.05, 4.69) is 22.4 Å². The molecule has 0 saturated heterocycles. The first kappa shape index (κ1) is 21.9. The van der Waals surface area contributed by atoms with Crippen molar-refractivity contribution in [3.63, 3.8) is 0 Å². The quantitative estimate of drug-likeness (QED) is 0.518. The molecule has 0 spiro atoms. The first-order chi connectivity index (χ1) is 15.4. The average Bonchev–Trinajstić information content (AvgIpc) is 3.26. The summed E-state index contributed by atoms with van der Waals surface area (Å²) < 4.78 is 38.3. The Hall–Kier alpha value is -3.33. The Kier molecular flexibility index (Phi) is 6.18. The molecule has 166 valence electrons. The summed E-state index contributed by atoms with van der Waals surface area (Å²) in [4.78, 5) is 6.51. The molecule has 0 radical (unpaired) electrons. The molecule has 2 heterocycles. The number of nitrogens with zero attached hydrogens (tertiary/aromatic N) is 3. The summed E-state index contributed by atoms with van der Waals surface area (Å²) in [5.74, 6) is -0.194. The van der Waals surface area contributed by atoms with Gasteiger partial charge in [0, 0.05) is 17.8 Å². The highest BCUT2D eigenvalue weighted by atomic mass is 32.1. The summed E-state index contributed by atoms with van der Waals surface area (Å²) in [6, 6.07) is 10.2. The Labute approximate surface area is 189 Å². The van der Waals surface area contributed by atoms with Crippen molar-refractivity contribution in [2.24, 2.45) is 0 Å². The molecule has 1 atom stereocenters. The zero-order chi connectivity index (χ0) is 22.8. The molecule has 1 aliphatic rings. The predicted molar refractivity (Wildman–Crippen MR) is 121 cm³/mol. The summed E-state index contributed by atoms with van der Waals surface area (Å²) in [6.07, 6.45) is 0.883. The number of nitrogens with one attached hydrogen (secondary N) is 1. The van der Waals surface area contributed by atoms with Crippen LogP contribution in [0.5, 0.6) is 5.75 Å². The van der Waals surface area contributed by atoms with Gasteiger partial charge in [-0.2, -0.15) is 4.98 Å². The van der Waals surface area contributed by atoms with Crippen molar-refractivity contribution < 1.29 is 18.0 Å². The standard InChI is InChI=1S/C23H22F2N4O2S/c1-4-11-29-13(2)19(20(26-23(29)32)14-5-8-16(24)9-6-14)22-27-21(28-31-22)15-7-10-18(30-3)17(25)12-15/h5-10,12,20H,4,11H2,1-3H3,(H,26,32). The molecule has 0 aliphatic carbocycles. The number of aromatic nitrogens is 2. The zero-order valence-electron chi connectivity index (χ0n) is 17.9. The summed E-state index contributed by atoms with van der Waals surface area (Å²) >= 11 is 5.58. The van der Waals surface area contributed by atoms with E-state index in [-0.39, 0.29) is 23.3 Å². The van der Waals surface area contributed by atoms with Crippen LogP contribution < -0.4 is 10.1 Å². The number of hydrogen-bond acceptors (Lipinski definition) is 5. The first-order valence-corrected chi connectivity index (χ1v) is 10.6. The second-order valence-electron chi connectivity index (χ2n) is 7.36. The van der Waals surface area contributed by atoms with Crippen LogP contribution in [0.4, 0.5) is 8.78 Å². The van der Waals surface area contributed by atoms with Crippen LogP contribution >= 0.6 is 12.2 Å². The van der Waals surface area contributed by atoms with Gasteiger partial charge in [0.15, 0.2) is 16.7 Å². The maximum absolute atomic E-state index is 14.2. The lowest BCUT2D eigenvalue weighted by Crippen LogP contribution is -2.46. The molecule has 1 aliphatic heterocycles. The highest BCUT2D eigenvalue weighted by Gasteiger charge is 2.33. The molecule has 6 nitrogen and oxygen atoms in total. The number of benzene rings is 2. The second kappa shape index (κ2) is 9.04. The van der Waals surface area contributed by atoms with Gasteiger partial charge in [-0.15, -0.1) is 0 Å². The van der Waals surface area contributed by atoms with Gasteiger partial charge in [-0.3, -0.25) is 0 Å². The van der Waals surface area contributed by atoms with Gasteiger partial charge in [0.05, 0.1) is 18.7 Å². The van der Waals surface area contributed by atoms with Gasteiger partial charge in [-0.1, -0.05) is 24.2 Å². The van der Waals surface area contributed by atoms with Crippen molar-refractivity contribution in [2.45, 2.75) is 26.3 Å². The van der Waals surface area contributed by atoms with E-state index in [4.69, 9.17) is 21.5 Å². The lowest BCUT2D eigenvalue weighted by atomic mass is 9.94. The lowest BCUT2D eigenvalue weighted by Gasteiger charge is -2.37. The minimum atomic E-state index is -0.519. The van der Waals surface area contributed by atoms with Crippen LogP contribution in [-0.4, -0.2) is 33.8 Å². The van der Waals surface area contributed by atoms with Crippen molar-refractivity contribution in [2.75, 3.05) is 13.7 Å². The van der Waals surface area contributed by atoms with Gasteiger partial charge in [-0.05, 0) is 61.5 Å². The molecule has 2 aromatic carbocycles. The molecule has 0 saturated carbocycles. The number of halogens is 2. The SMILES string of the molecule is CCCN1C(=S)NC(c2ccc(F)cc2)C(c2nc(-c3ccc(OC)c(F)c3)no2)=C1C. The Morgan fingerprint density at radius 2 is 1.94 bits per heavy atom. The van der Waals surface area contributed by atoms with E-state index in [1.54, 1.807) is 18.2 Å². The van der Waals surface area contributed by atoms with Crippen LogP contribution in [0.3, 0.4) is 0 Å². The number of thiocarbonyl (C=S) groups is 1. The first-order valence-electron chi connectivity index (χ1n) is 10.1. The summed E-state index contributed by atoms with van der Waals surface area (Å²) in [7, 11) is 1.40. The third-order valence-corrected chi connectivity index (χ3v) is 5.65. The molecular weight excluding hydrogens is 434 g/mol. The highest BCUT2D eigenvalue weighted by Crippen LogP contribution is 2.37. The maximum Gasteiger partial charge on any atom is 0.258 e. The molecule has 0 amide bonds. The molecule has 3 aromatic rings. The Morgan fingerprint density at radius 3 is 2.59 bits per heavy atom. The zero-order valence-corrected chi connectivity index (χ0v) is 18.7. The number of hydrogen-bond donors (Lipinski definition) is 1. The van der Waals surface area contributed by atoms with E-state index >= 15 is 0 Å². The molecule has 0 bridgehead atoms. The van der Waals surface area contributed by atoms with Gasteiger partial charge >= 0.3 is 0 Å². The van der Waals surface area contributed by atoms with Crippen LogP contribution in [0.2, 0.25) is 0 Å². The summed E-state index contributed by atoms with van der Waals surface area (Å²) in [6.45, 7) is 4.71. The molecule has 1 aromatic heterocycles. The number of allylic oxidation sites excluding steroid dienone is 1. The van der Waals surface area contributed by atoms with Gasteiger partial charge < -0.3 is 19.5 Å². The normalized spacial score (nSPS) is 16.3. The van der Waals surface area contributed by atoms with Crippen molar-refractivity contribution in [1.29, 1.82) is 0 Å². The average molecular weight is 457 g/mol. The molecule has 1 N–H and O–H groups in total. The van der Waals surface area contributed by atoms with Crippen molar-refractivity contribution in [1.82, 2.24) is 20.4 Å². The molecule has 0 fully saturated rings. The minimum absolute atomic E-state index is 0.132. The highest BCUT2D eigenvalue weighted by molar-refractivity contribution is 7.80. The molecule has 1 unspecified atom stereocenters. The summed E-state index contributed by atoms with van der Waals surface area (Å²) in [5, 5.41) is 7.94. The molecular formula is C23H22F2N4O2S. The second-order valence-corrected chi connectivity index (χ2v) is 7.74. The van der Waals surface area contributed by atoms with Gasteiger partial charge in [-0.25, -0.2) is 8.78 Å². The van der Waals surface area contributed by atoms with E-state index in [0.29, 0.717) is 17.2 Å². The molecule has 9 heteroatoms. The van der Waals surface area contributed by atoms with E-state index in [9.17, 15) is 8.78 Å². The third-order valence-electron chi connectivity index (χ3n) is 5.31. The van der Waals surface area contributed by atoms with Crippen LogP contribution in [0.25, 0.3) is 17.0 Å². The lowest BCUT2D eigenvalue weighted by molar-refractivity contribution is 0.386. The molecule has 4 rings (SSSR count). The van der Waals surface area contributed by atoms with E-state index in [1.807, 2.05) is 11.8 Å². The molecule has 32 heavy (non-hydrogen) atoms. The third kappa shape index (κ3) is 4.08. The fourth-order valence-electron chi connectivity index (χ4n) is 3.71. The van der Waals surface area contributed by atoms with Crippen LogP contribution in [0.15, 0.2) is 52.7 Å². The van der Waals surface area contributed by atoms with E-state index < -0.39 is 11.9 Å². The smallest absolute Gasteiger partial charge is 0.258 e. The maximum atomic E-state index is 14.2. The topological polar surface area (TPSA) is 63.4 Å². The van der Waals surface area contributed by atoms with Crippen molar-refractivity contribution >= 4 is 22.9 Å². The van der Waals surface area contributed by atoms with E-state index in [1.165, 1.54) is 31.4 Å². The Bertz CT molecular complexity index is 1180. The van der Waals surface area contributed by atoms with Crippen LogP contribution in [-0.2, 0) is 0 Å². The van der Waals surface area contributed by atoms with Gasteiger partial charge in [0.25, 0.3) is 5.89 Å². The van der Waals surface area contributed by atoms with E-state index in [0.717, 1.165) is 23.3 Å².